The first-order chi connectivity index (χ1) is 27.8. The standard InChI is InChI=1S/C51H33N5/c1-2-14-39(15-3-1)55-48-25-24-35(33-44(48)50-49(55)23-12-28-54-50)41-18-11-19-43-42-17-4-5-22-47(42)56(51(41)43)40-16-10-13-34(32-40)36-29-37(45-20-6-8-26-52-45)31-38(30-36)46-21-7-9-27-53-46/h1-33H. The third kappa shape index (κ3) is 5.21. The summed E-state index contributed by atoms with van der Waals surface area (Å²) in [7, 11) is 0. The zero-order chi connectivity index (χ0) is 37.0. The van der Waals surface area contributed by atoms with E-state index >= 15 is 0 Å². The summed E-state index contributed by atoms with van der Waals surface area (Å²) in [6.45, 7) is 0. The van der Waals surface area contributed by atoms with Gasteiger partial charge in [0.05, 0.1) is 39.0 Å². The molecule has 0 N–H and O–H groups in total. The van der Waals surface area contributed by atoms with E-state index in [9.17, 15) is 0 Å². The molecule has 0 atom stereocenters. The molecule has 262 valence electrons. The molecule has 5 heteroatoms. The van der Waals surface area contributed by atoms with Gasteiger partial charge in [-0.1, -0.05) is 84.9 Å². The van der Waals surface area contributed by atoms with Crippen LogP contribution in [0.5, 0.6) is 0 Å². The van der Waals surface area contributed by atoms with E-state index in [4.69, 9.17) is 15.0 Å². The van der Waals surface area contributed by atoms with E-state index < -0.39 is 0 Å². The SMILES string of the molecule is c1ccc(-n2c3ccc(-c4cccc5c6ccccc6n(-c6cccc(-c7cc(-c8ccccn8)cc(-c8ccccn8)c7)c6)c45)cc3c3ncccc32)cc1. The summed E-state index contributed by atoms with van der Waals surface area (Å²) in [5, 5.41) is 3.55. The normalized spacial score (nSPS) is 11.6. The third-order valence-electron chi connectivity index (χ3n) is 10.8. The molecule has 0 saturated heterocycles. The summed E-state index contributed by atoms with van der Waals surface area (Å²) >= 11 is 0. The Kier molecular flexibility index (Phi) is 7.42. The van der Waals surface area contributed by atoms with Gasteiger partial charge in [0.15, 0.2) is 0 Å². The predicted molar refractivity (Wildman–Crippen MR) is 230 cm³/mol. The summed E-state index contributed by atoms with van der Waals surface area (Å²) in [4.78, 5) is 14.3. The van der Waals surface area contributed by atoms with Gasteiger partial charge < -0.3 is 9.13 Å². The van der Waals surface area contributed by atoms with E-state index in [1.807, 2.05) is 48.9 Å². The fraction of sp³-hybridized carbons (Fsp3) is 0. The van der Waals surface area contributed by atoms with Crippen molar-refractivity contribution in [2.75, 3.05) is 0 Å². The molecule has 11 rings (SSSR count). The number of aromatic nitrogens is 5. The van der Waals surface area contributed by atoms with Gasteiger partial charge in [-0.2, -0.15) is 0 Å². The van der Waals surface area contributed by atoms with Gasteiger partial charge in [0.1, 0.15) is 0 Å². The monoisotopic (exact) mass is 715 g/mol. The molecular weight excluding hydrogens is 683 g/mol. The lowest BCUT2D eigenvalue weighted by Gasteiger charge is -2.15. The van der Waals surface area contributed by atoms with Crippen LogP contribution in [0.15, 0.2) is 201 Å². The van der Waals surface area contributed by atoms with Crippen molar-refractivity contribution in [3.8, 4) is 56.1 Å². The largest absolute Gasteiger partial charge is 0.309 e. The van der Waals surface area contributed by atoms with Gasteiger partial charge in [0.25, 0.3) is 0 Å². The zero-order valence-corrected chi connectivity index (χ0v) is 30.3. The van der Waals surface area contributed by atoms with Gasteiger partial charge in [-0.3, -0.25) is 15.0 Å². The first-order valence-corrected chi connectivity index (χ1v) is 18.8. The van der Waals surface area contributed by atoms with Gasteiger partial charge in [-0.05, 0) is 114 Å². The summed E-state index contributed by atoms with van der Waals surface area (Å²) in [5.41, 5.74) is 16.2. The zero-order valence-electron chi connectivity index (χ0n) is 30.3. The first kappa shape index (κ1) is 31.9. The molecule has 0 aliphatic carbocycles. The van der Waals surface area contributed by atoms with Crippen molar-refractivity contribution in [2.24, 2.45) is 0 Å². The smallest absolute Gasteiger partial charge is 0.0963 e. The van der Waals surface area contributed by atoms with Crippen LogP contribution in [0.4, 0.5) is 0 Å². The maximum atomic E-state index is 4.91. The third-order valence-corrected chi connectivity index (χ3v) is 10.8. The summed E-state index contributed by atoms with van der Waals surface area (Å²) in [6, 6.07) is 64.6. The molecule has 0 unspecified atom stereocenters. The van der Waals surface area contributed by atoms with Crippen LogP contribution in [0.3, 0.4) is 0 Å². The Hall–Kier alpha value is -7.63. The Bertz CT molecular complexity index is 3180. The number of pyridine rings is 3. The molecule has 11 aromatic rings. The summed E-state index contributed by atoms with van der Waals surface area (Å²) in [6.07, 6.45) is 5.58. The second-order valence-corrected chi connectivity index (χ2v) is 14.1. The lowest BCUT2D eigenvalue weighted by atomic mass is 9.96. The topological polar surface area (TPSA) is 48.5 Å². The Morgan fingerprint density at radius 2 is 0.964 bits per heavy atom. The van der Waals surface area contributed by atoms with Crippen molar-refractivity contribution in [2.45, 2.75) is 0 Å². The predicted octanol–water partition coefficient (Wildman–Crippen LogP) is 12.7. The number of nitrogens with zero attached hydrogens (tertiary/aromatic N) is 5. The molecule has 0 radical (unpaired) electrons. The molecule has 0 aliphatic heterocycles. The fourth-order valence-corrected chi connectivity index (χ4v) is 8.36. The highest BCUT2D eigenvalue weighted by Crippen LogP contribution is 2.41. The van der Waals surface area contributed by atoms with E-state index in [-0.39, 0.29) is 0 Å². The molecule has 6 aromatic carbocycles. The summed E-state index contributed by atoms with van der Waals surface area (Å²) in [5.74, 6) is 0. The molecule has 0 amide bonds. The number of fused-ring (bicyclic) bond motifs is 6. The van der Waals surface area contributed by atoms with Crippen LogP contribution in [-0.4, -0.2) is 24.1 Å². The van der Waals surface area contributed by atoms with Crippen molar-refractivity contribution >= 4 is 43.7 Å². The molecule has 0 saturated carbocycles. The molecule has 0 bridgehead atoms. The maximum Gasteiger partial charge on any atom is 0.0963 e. The van der Waals surface area contributed by atoms with Crippen molar-refractivity contribution in [1.29, 1.82) is 0 Å². The molecule has 0 fully saturated rings. The molecule has 5 aromatic heterocycles. The van der Waals surface area contributed by atoms with E-state index in [1.54, 1.807) is 0 Å². The van der Waals surface area contributed by atoms with E-state index in [2.05, 4.69) is 161 Å². The molecular formula is C51H33N5. The minimum Gasteiger partial charge on any atom is -0.309 e. The van der Waals surface area contributed by atoms with Gasteiger partial charge in [-0.25, -0.2) is 0 Å². The van der Waals surface area contributed by atoms with Crippen molar-refractivity contribution < 1.29 is 0 Å². The van der Waals surface area contributed by atoms with Crippen LogP contribution in [0.2, 0.25) is 0 Å². The van der Waals surface area contributed by atoms with Crippen molar-refractivity contribution in [1.82, 2.24) is 24.1 Å². The Morgan fingerprint density at radius 1 is 0.321 bits per heavy atom. The number of rotatable bonds is 6. The quantitative estimate of drug-likeness (QED) is 0.172. The van der Waals surface area contributed by atoms with Gasteiger partial charge in [0, 0.05) is 62.8 Å². The Morgan fingerprint density at radius 3 is 1.75 bits per heavy atom. The number of para-hydroxylation sites is 3. The van der Waals surface area contributed by atoms with Gasteiger partial charge >= 0.3 is 0 Å². The minimum absolute atomic E-state index is 0.925. The fourth-order valence-electron chi connectivity index (χ4n) is 8.36. The number of benzene rings is 6. The lowest BCUT2D eigenvalue weighted by molar-refractivity contribution is 1.17. The highest BCUT2D eigenvalue weighted by molar-refractivity contribution is 6.15. The van der Waals surface area contributed by atoms with E-state index in [1.165, 1.54) is 16.3 Å². The van der Waals surface area contributed by atoms with Crippen molar-refractivity contribution in [3.63, 3.8) is 0 Å². The number of hydrogen-bond acceptors (Lipinski definition) is 3. The minimum atomic E-state index is 0.925. The van der Waals surface area contributed by atoms with Gasteiger partial charge in [-0.15, -0.1) is 0 Å². The average Bonchev–Trinajstić information content (AvgIpc) is 3.80. The van der Waals surface area contributed by atoms with Gasteiger partial charge in [0.2, 0.25) is 0 Å². The number of hydrogen-bond donors (Lipinski definition) is 0. The van der Waals surface area contributed by atoms with E-state index in [0.29, 0.717) is 0 Å². The lowest BCUT2D eigenvalue weighted by Crippen LogP contribution is -1.96. The molecule has 0 spiro atoms. The van der Waals surface area contributed by atoms with Crippen LogP contribution in [0.25, 0.3) is 99.9 Å². The molecule has 5 heterocycles. The average molecular weight is 716 g/mol. The highest BCUT2D eigenvalue weighted by Gasteiger charge is 2.19. The van der Waals surface area contributed by atoms with Crippen LogP contribution < -0.4 is 0 Å². The highest BCUT2D eigenvalue weighted by atomic mass is 15.0. The van der Waals surface area contributed by atoms with Crippen LogP contribution >= 0.6 is 0 Å². The Balaban J connectivity index is 1.12. The summed E-state index contributed by atoms with van der Waals surface area (Å²) < 4.78 is 4.74. The molecule has 0 aliphatic rings. The second kappa shape index (κ2) is 13.0. The van der Waals surface area contributed by atoms with E-state index in [0.717, 1.165) is 83.6 Å². The first-order valence-electron chi connectivity index (χ1n) is 18.8. The van der Waals surface area contributed by atoms with Crippen LogP contribution in [0, 0.1) is 0 Å². The van der Waals surface area contributed by atoms with Crippen molar-refractivity contribution in [3.05, 3.63) is 201 Å². The van der Waals surface area contributed by atoms with Crippen LogP contribution in [-0.2, 0) is 0 Å². The second-order valence-electron chi connectivity index (χ2n) is 14.1. The maximum absolute atomic E-state index is 4.91. The van der Waals surface area contributed by atoms with Crippen LogP contribution in [0.1, 0.15) is 0 Å². The molecule has 5 nitrogen and oxygen atoms in total. The Labute approximate surface area is 323 Å². The molecule has 56 heavy (non-hydrogen) atoms.